The molecule has 0 aliphatic heterocycles. The van der Waals surface area contributed by atoms with E-state index in [1.807, 2.05) is 0 Å². The lowest BCUT2D eigenvalue weighted by molar-refractivity contribution is -0.147. The summed E-state index contributed by atoms with van der Waals surface area (Å²) in [5.74, 6) is -1.26. The second-order valence-electron chi connectivity index (χ2n) is 5.09. The number of carboxylic acid groups (broad SMARTS) is 1. The van der Waals surface area contributed by atoms with Crippen LogP contribution < -0.4 is 5.32 Å². The Kier molecular flexibility index (Phi) is 7.38. The van der Waals surface area contributed by atoms with Crippen LogP contribution in [0.2, 0.25) is 0 Å². The second-order valence-corrected chi connectivity index (χ2v) is 7.60. The molecule has 0 aromatic carbocycles. The van der Waals surface area contributed by atoms with Crippen molar-refractivity contribution in [2.24, 2.45) is 0 Å². The number of hydrogen-bond donors (Lipinski definition) is 2. The highest BCUT2D eigenvalue weighted by Gasteiger charge is 2.31. The SMILES string of the molecule is CC(OC(C)(C)C)C(NC(=O)OCC(Cl)(Cl)Cl)C(=O)O. The fourth-order valence-corrected chi connectivity index (χ4v) is 1.49. The van der Waals surface area contributed by atoms with Crippen molar-refractivity contribution in [1.29, 1.82) is 0 Å². The summed E-state index contributed by atoms with van der Waals surface area (Å²) < 4.78 is 8.32. The molecule has 9 heteroatoms. The van der Waals surface area contributed by atoms with Crippen LogP contribution >= 0.6 is 34.8 Å². The monoisotopic (exact) mass is 349 g/mol. The number of amides is 1. The maximum atomic E-state index is 11.4. The first-order valence-electron chi connectivity index (χ1n) is 5.72. The van der Waals surface area contributed by atoms with Gasteiger partial charge in [0.2, 0.25) is 3.79 Å². The van der Waals surface area contributed by atoms with Gasteiger partial charge in [0, 0.05) is 0 Å². The van der Waals surface area contributed by atoms with Gasteiger partial charge in [0.05, 0.1) is 11.7 Å². The van der Waals surface area contributed by atoms with E-state index in [0.717, 1.165) is 0 Å². The summed E-state index contributed by atoms with van der Waals surface area (Å²) in [6.07, 6.45) is -1.78. The van der Waals surface area contributed by atoms with Gasteiger partial charge >= 0.3 is 12.1 Å². The number of alkyl carbamates (subject to hydrolysis) is 1. The van der Waals surface area contributed by atoms with Crippen LogP contribution in [0.1, 0.15) is 27.7 Å². The minimum atomic E-state index is -1.76. The Morgan fingerprint density at radius 3 is 2.10 bits per heavy atom. The normalized spacial score (nSPS) is 15.3. The van der Waals surface area contributed by atoms with E-state index in [4.69, 9.17) is 44.6 Å². The Labute approximate surface area is 132 Å². The highest BCUT2D eigenvalue weighted by molar-refractivity contribution is 6.67. The predicted octanol–water partition coefficient (Wildman–Crippen LogP) is 2.74. The molecule has 0 saturated carbocycles. The largest absolute Gasteiger partial charge is 0.480 e. The first-order chi connectivity index (χ1) is 8.82. The maximum Gasteiger partial charge on any atom is 0.408 e. The Bertz CT molecular complexity index is 351. The Morgan fingerprint density at radius 2 is 1.75 bits per heavy atom. The summed E-state index contributed by atoms with van der Waals surface area (Å²) in [7, 11) is 0. The van der Waals surface area contributed by atoms with Crippen LogP contribution in [0.5, 0.6) is 0 Å². The van der Waals surface area contributed by atoms with Crippen molar-refractivity contribution in [1.82, 2.24) is 5.32 Å². The number of halogens is 3. The van der Waals surface area contributed by atoms with E-state index in [1.165, 1.54) is 6.92 Å². The van der Waals surface area contributed by atoms with E-state index in [9.17, 15) is 9.59 Å². The van der Waals surface area contributed by atoms with Crippen LogP contribution in [0.4, 0.5) is 4.79 Å². The molecule has 118 valence electrons. The van der Waals surface area contributed by atoms with Crippen LogP contribution in [0.3, 0.4) is 0 Å². The van der Waals surface area contributed by atoms with Gasteiger partial charge in [-0.2, -0.15) is 0 Å². The highest BCUT2D eigenvalue weighted by Crippen LogP contribution is 2.25. The summed E-state index contributed by atoms with van der Waals surface area (Å²) in [4.78, 5) is 22.6. The topological polar surface area (TPSA) is 84.9 Å². The lowest BCUT2D eigenvalue weighted by Gasteiger charge is -2.29. The third kappa shape index (κ3) is 9.47. The van der Waals surface area contributed by atoms with Gasteiger partial charge in [-0.05, 0) is 27.7 Å². The van der Waals surface area contributed by atoms with E-state index < -0.39 is 40.2 Å². The van der Waals surface area contributed by atoms with Gasteiger partial charge < -0.3 is 19.9 Å². The molecule has 0 rings (SSSR count). The van der Waals surface area contributed by atoms with Gasteiger partial charge in [-0.15, -0.1) is 0 Å². The van der Waals surface area contributed by atoms with Crippen molar-refractivity contribution in [2.45, 2.75) is 49.2 Å². The molecular formula is C11H18Cl3NO5. The van der Waals surface area contributed by atoms with Crippen LogP contribution in [0, 0.1) is 0 Å². The lowest BCUT2D eigenvalue weighted by Crippen LogP contribution is -2.50. The molecule has 0 aromatic rings. The van der Waals surface area contributed by atoms with E-state index in [0.29, 0.717) is 0 Å². The van der Waals surface area contributed by atoms with E-state index in [2.05, 4.69) is 10.1 Å². The number of rotatable bonds is 5. The smallest absolute Gasteiger partial charge is 0.408 e. The van der Waals surface area contributed by atoms with Crippen molar-refractivity contribution in [3.8, 4) is 0 Å². The standard InChI is InChI=1S/C11H18Cl3NO5/c1-6(20-10(2,3)4)7(8(16)17)15-9(18)19-5-11(12,13)14/h6-7H,5H2,1-4H3,(H,15,18)(H,16,17). The summed E-state index contributed by atoms with van der Waals surface area (Å²) in [5, 5.41) is 11.2. The number of nitrogens with one attached hydrogen (secondary N) is 1. The molecule has 0 saturated heterocycles. The average Bonchev–Trinajstić information content (AvgIpc) is 2.18. The van der Waals surface area contributed by atoms with E-state index >= 15 is 0 Å². The molecule has 0 aliphatic rings. The molecule has 0 aliphatic carbocycles. The van der Waals surface area contributed by atoms with Crippen molar-refractivity contribution >= 4 is 46.9 Å². The van der Waals surface area contributed by atoms with Crippen LogP contribution in [0.15, 0.2) is 0 Å². The van der Waals surface area contributed by atoms with Crippen molar-refractivity contribution in [3.05, 3.63) is 0 Å². The molecule has 20 heavy (non-hydrogen) atoms. The molecule has 0 fully saturated rings. The molecular weight excluding hydrogens is 332 g/mol. The van der Waals surface area contributed by atoms with Crippen molar-refractivity contribution < 1.29 is 24.2 Å². The first-order valence-corrected chi connectivity index (χ1v) is 6.86. The number of aliphatic carboxylic acids is 1. The summed E-state index contributed by atoms with van der Waals surface area (Å²) in [6, 6.07) is -1.28. The maximum absolute atomic E-state index is 11.4. The van der Waals surface area contributed by atoms with E-state index in [-0.39, 0.29) is 0 Å². The fourth-order valence-electron chi connectivity index (χ4n) is 1.32. The molecule has 0 spiro atoms. The van der Waals surface area contributed by atoms with Gasteiger partial charge in [0.1, 0.15) is 6.61 Å². The molecule has 6 nitrogen and oxygen atoms in total. The van der Waals surface area contributed by atoms with Crippen LogP contribution in [-0.4, -0.2) is 45.3 Å². The van der Waals surface area contributed by atoms with Gasteiger partial charge in [0.15, 0.2) is 6.04 Å². The zero-order valence-electron chi connectivity index (χ0n) is 11.6. The van der Waals surface area contributed by atoms with Gasteiger partial charge in [-0.3, -0.25) is 0 Å². The molecule has 2 N–H and O–H groups in total. The summed E-state index contributed by atoms with van der Waals surface area (Å²) in [6.45, 7) is 6.33. The average molecular weight is 351 g/mol. The summed E-state index contributed by atoms with van der Waals surface area (Å²) >= 11 is 16.2. The first kappa shape index (κ1) is 19.6. The molecule has 0 radical (unpaired) electrons. The van der Waals surface area contributed by atoms with Crippen LogP contribution in [-0.2, 0) is 14.3 Å². The molecule has 0 bridgehead atoms. The Morgan fingerprint density at radius 1 is 1.25 bits per heavy atom. The highest BCUT2D eigenvalue weighted by atomic mass is 35.6. The minimum Gasteiger partial charge on any atom is -0.480 e. The van der Waals surface area contributed by atoms with E-state index in [1.54, 1.807) is 20.8 Å². The molecule has 2 atom stereocenters. The third-order valence-electron chi connectivity index (χ3n) is 1.92. The minimum absolute atomic E-state index is 0.496. The third-order valence-corrected chi connectivity index (χ3v) is 2.24. The van der Waals surface area contributed by atoms with Gasteiger partial charge in [-0.25, -0.2) is 9.59 Å². The van der Waals surface area contributed by atoms with Gasteiger partial charge in [0.25, 0.3) is 0 Å². The zero-order valence-corrected chi connectivity index (χ0v) is 13.8. The molecule has 0 aromatic heterocycles. The molecule has 1 amide bonds. The lowest BCUT2D eigenvalue weighted by atomic mass is 10.1. The number of hydrogen-bond acceptors (Lipinski definition) is 4. The Balaban J connectivity index is 4.55. The predicted molar refractivity (Wildman–Crippen MR) is 76.5 cm³/mol. The quantitative estimate of drug-likeness (QED) is 0.745. The number of carbonyl (C=O) groups is 2. The second kappa shape index (κ2) is 7.54. The van der Waals surface area contributed by atoms with Crippen LogP contribution in [0.25, 0.3) is 0 Å². The number of carbonyl (C=O) groups excluding carboxylic acids is 1. The number of ether oxygens (including phenoxy) is 2. The number of carboxylic acids is 1. The fraction of sp³-hybridized carbons (Fsp3) is 0.818. The van der Waals surface area contributed by atoms with Gasteiger partial charge in [-0.1, -0.05) is 34.8 Å². The zero-order chi connectivity index (χ0) is 16.1. The number of alkyl halides is 3. The molecule has 0 heterocycles. The Hall–Kier alpha value is -0.430. The molecule has 2 unspecified atom stereocenters. The van der Waals surface area contributed by atoms with Crippen molar-refractivity contribution in [2.75, 3.05) is 6.61 Å². The summed E-state index contributed by atoms with van der Waals surface area (Å²) in [5.41, 5.74) is -0.559. The van der Waals surface area contributed by atoms with Crippen molar-refractivity contribution in [3.63, 3.8) is 0 Å².